The lowest BCUT2D eigenvalue weighted by atomic mass is 10.8. The van der Waals surface area contributed by atoms with Crippen LogP contribution in [0.3, 0.4) is 0 Å². The average Bonchev–Trinajstić information content (AvgIpc) is 2.16. The maximum atomic E-state index is 10.4. The van der Waals surface area contributed by atoms with Crippen LogP contribution in [0.2, 0.25) is 0 Å². The summed E-state index contributed by atoms with van der Waals surface area (Å²) < 4.78 is 9.51. The first-order valence-corrected chi connectivity index (χ1v) is 3.77. The van der Waals surface area contributed by atoms with Crippen molar-refractivity contribution >= 4 is 6.41 Å². The van der Waals surface area contributed by atoms with Crippen LogP contribution in [0.15, 0.2) is 0 Å². The minimum atomic E-state index is -0.561. The summed E-state index contributed by atoms with van der Waals surface area (Å²) in [6, 6.07) is 0. The Morgan fingerprint density at radius 1 is 1.08 bits per heavy atom. The summed E-state index contributed by atoms with van der Waals surface area (Å²) in [5, 5.41) is 0.655. The first-order valence-electron chi connectivity index (χ1n) is 3.77. The quantitative estimate of drug-likeness (QED) is 0.330. The van der Waals surface area contributed by atoms with Gasteiger partial charge in [-0.05, 0) is 13.8 Å². The molecule has 0 aliphatic rings. The Bertz CT molecular complexity index is 131. The maximum Gasteiger partial charge on any atom is 0.261 e. The Morgan fingerprint density at radius 2 is 1.46 bits per heavy atom. The van der Waals surface area contributed by atoms with E-state index in [1.807, 2.05) is 0 Å². The molecule has 6 nitrogen and oxygen atoms in total. The highest BCUT2D eigenvalue weighted by Gasteiger charge is 2.11. The Hall–Kier alpha value is -0.690. The van der Waals surface area contributed by atoms with Gasteiger partial charge in [-0.2, -0.15) is 0 Å². The van der Waals surface area contributed by atoms with Crippen molar-refractivity contribution in [1.29, 1.82) is 0 Å². The number of carbonyl (C=O) groups is 1. The van der Waals surface area contributed by atoms with Crippen LogP contribution in [-0.2, 0) is 23.9 Å². The van der Waals surface area contributed by atoms with E-state index in [1.165, 1.54) is 14.2 Å². The summed E-state index contributed by atoms with van der Waals surface area (Å²) >= 11 is 0. The maximum absolute atomic E-state index is 10.4. The number of carbonyl (C=O) groups excluding carboxylic acids is 1. The number of hydrogen-bond acceptors (Lipinski definition) is 5. The van der Waals surface area contributed by atoms with Crippen molar-refractivity contribution in [2.75, 3.05) is 14.2 Å². The van der Waals surface area contributed by atoms with Crippen LogP contribution in [-0.4, -0.2) is 38.4 Å². The molecule has 0 aromatic carbocycles. The first kappa shape index (κ1) is 12.3. The Morgan fingerprint density at radius 3 is 1.69 bits per heavy atom. The fourth-order valence-electron chi connectivity index (χ4n) is 0.453. The van der Waals surface area contributed by atoms with E-state index in [2.05, 4.69) is 0 Å². The number of rotatable bonds is 7. The van der Waals surface area contributed by atoms with Gasteiger partial charge in [0.15, 0.2) is 12.6 Å². The third-order valence-electron chi connectivity index (χ3n) is 1.25. The lowest BCUT2D eigenvalue weighted by molar-refractivity contribution is -0.415. The molecule has 1 amide bonds. The fourth-order valence-corrected chi connectivity index (χ4v) is 0.453. The van der Waals surface area contributed by atoms with Gasteiger partial charge >= 0.3 is 0 Å². The van der Waals surface area contributed by atoms with Gasteiger partial charge in [-0.3, -0.25) is 4.79 Å². The lowest BCUT2D eigenvalue weighted by Crippen LogP contribution is -2.32. The van der Waals surface area contributed by atoms with Crippen molar-refractivity contribution in [2.24, 2.45) is 0 Å². The van der Waals surface area contributed by atoms with Crippen molar-refractivity contribution in [1.82, 2.24) is 5.23 Å². The molecule has 0 saturated heterocycles. The molecule has 0 fully saturated rings. The molecule has 0 bridgehead atoms. The molecule has 0 spiro atoms. The fraction of sp³-hybridized carbons (Fsp3) is 0.857. The Labute approximate surface area is 77.2 Å². The molecule has 0 heterocycles. The van der Waals surface area contributed by atoms with Gasteiger partial charge in [0.2, 0.25) is 0 Å². The predicted molar refractivity (Wildman–Crippen MR) is 43.0 cm³/mol. The third kappa shape index (κ3) is 5.53. The van der Waals surface area contributed by atoms with E-state index in [-0.39, 0.29) is 0 Å². The molecule has 13 heavy (non-hydrogen) atoms. The largest absolute Gasteiger partial charge is 0.354 e. The van der Waals surface area contributed by atoms with Crippen molar-refractivity contribution < 1.29 is 23.9 Å². The molecule has 0 aromatic rings. The molecule has 0 rings (SSSR count). The Balaban J connectivity index is 3.81. The minimum absolute atomic E-state index is 0.380. The van der Waals surface area contributed by atoms with Gasteiger partial charge in [0.05, 0.1) is 0 Å². The summed E-state index contributed by atoms with van der Waals surface area (Å²) in [6.07, 6.45) is -0.742. The van der Waals surface area contributed by atoms with Crippen LogP contribution < -0.4 is 0 Å². The SMILES string of the molecule is COC(C)ON(C=O)OC(C)OC. The third-order valence-corrected chi connectivity index (χ3v) is 1.25. The summed E-state index contributed by atoms with van der Waals surface area (Å²) in [5.74, 6) is 0. The van der Waals surface area contributed by atoms with Gasteiger partial charge < -0.3 is 9.47 Å². The number of nitrogens with zero attached hydrogens (tertiary/aromatic N) is 1. The monoisotopic (exact) mass is 193 g/mol. The highest BCUT2D eigenvalue weighted by Crippen LogP contribution is 2.00. The first-order chi connectivity index (χ1) is 6.13. The highest BCUT2D eigenvalue weighted by atomic mass is 17.0. The van der Waals surface area contributed by atoms with Crippen LogP contribution in [0.25, 0.3) is 0 Å². The van der Waals surface area contributed by atoms with E-state index in [1.54, 1.807) is 13.8 Å². The van der Waals surface area contributed by atoms with Gasteiger partial charge in [0.1, 0.15) is 0 Å². The molecule has 0 aliphatic heterocycles. The zero-order chi connectivity index (χ0) is 10.3. The van der Waals surface area contributed by atoms with Crippen LogP contribution in [0, 0.1) is 0 Å². The van der Waals surface area contributed by atoms with Crippen LogP contribution in [0.1, 0.15) is 13.8 Å². The molecule has 0 saturated carbocycles. The molecule has 0 aliphatic carbocycles. The lowest BCUT2D eigenvalue weighted by Gasteiger charge is -2.21. The second-order valence-corrected chi connectivity index (χ2v) is 2.21. The van der Waals surface area contributed by atoms with Gasteiger partial charge in [-0.25, -0.2) is 9.68 Å². The van der Waals surface area contributed by atoms with Crippen molar-refractivity contribution in [3.8, 4) is 0 Å². The second-order valence-electron chi connectivity index (χ2n) is 2.21. The van der Waals surface area contributed by atoms with E-state index in [4.69, 9.17) is 19.1 Å². The van der Waals surface area contributed by atoms with E-state index >= 15 is 0 Å². The molecule has 2 atom stereocenters. The van der Waals surface area contributed by atoms with Gasteiger partial charge in [-0.1, -0.05) is 5.23 Å². The average molecular weight is 193 g/mol. The van der Waals surface area contributed by atoms with Gasteiger partial charge in [-0.15, -0.1) is 0 Å². The predicted octanol–water partition coefficient (Wildman–Crippen LogP) is 0.293. The highest BCUT2D eigenvalue weighted by molar-refractivity contribution is 5.43. The van der Waals surface area contributed by atoms with E-state index in [9.17, 15) is 4.79 Å². The van der Waals surface area contributed by atoms with Crippen molar-refractivity contribution in [2.45, 2.75) is 26.4 Å². The standard InChI is InChI=1S/C7H15NO5/c1-6(10-3)12-8(5-9)13-7(2)11-4/h5-7H,1-4H3. The van der Waals surface area contributed by atoms with Crippen LogP contribution in [0.5, 0.6) is 0 Å². The summed E-state index contributed by atoms with van der Waals surface area (Å²) in [4.78, 5) is 20.1. The topological polar surface area (TPSA) is 57.2 Å². The zero-order valence-corrected chi connectivity index (χ0v) is 8.22. The number of amides is 1. The molecular weight excluding hydrogens is 178 g/mol. The van der Waals surface area contributed by atoms with E-state index in [0.717, 1.165) is 0 Å². The molecule has 2 unspecified atom stereocenters. The van der Waals surface area contributed by atoms with E-state index < -0.39 is 12.6 Å². The molecule has 6 heteroatoms. The molecule has 0 N–H and O–H groups in total. The summed E-state index contributed by atoms with van der Waals surface area (Å²) in [7, 11) is 2.90. The molecule has 0 aromatic heterocycles. The van der Waals surface area contributed by atoms with Crippen LogP contribution >= 0.6 is 0 Å². The second kappa shape index (κ2) is 6.79. The molecule has 0 radical (unpaired) electrons. The number of hydroxylamine groups is 2. The molecule has 78 valence electrons. The van der Waals surface area contributed by atoms with Gasteiger partial charge in [0, 0.05) is 14.2 Å². The number of ether oxygens (including phenoxy) is 2. The normalized spacial score (nSPS) is 15.1. The minimum Gasteiger partial charge on any atom is -0.354 e. The van der Waals surface area contributed by atoms with E-state index in [0.29, 0.717) is 11.6 Å². The summed E-state index contributed by atoms with van der Waals surface area (Å²) in [5.41, 5.74) is 0. The summed E-state index contributed by atoms with van der Waals surface area (Å²) in [6.45, 7) is 3.24. The number of methoxy groups -OCH3 is 2. The number of hydrogen-bond donors (Lipinski definition) is 0. The van der Waals surface area contributed by atoms with Crippen molar-refractivity contribution in [3.05, 3.63) is 0 Å². The molecular formula is C7H15NO5. The zero-order valence-electron chi connectivity index (χ0n) is 8.22. The smallest absolute Gasteiger partial charge is 0.261 e. The van der Waals surface area contributed by atoms with Crippen LogP contribution in [0.4, 0.5) is 0 Å². The van der Waals surface area contributed by atoms with Crippen molar-refractivity contribution in [3.63, 3.8) is 0 Å². The van der Waals surface area contributed by atoms with Gasteiger partial charge in [0.25, 0.3) is 6.41 Å². The Kier molecular flexibility index (Phi) is 6.43.